The van der Waals surface area contributed by atoms with Crippen LogP contribution in [-0.2, 0) is 0 Å². The Hall–Kier alpha value is -0.970. The van der Waals surface area contributed by atoms with E-state index in [-0.39, 0.29) is 0 Å². The summed E-state index contributed by atoms with van der Waals surface area (Å²) in [4.78, 5) is 0. The summed E-state index contributed by atoms with van der Waals surface area (Å²) in [5.41, 5.74) is 0.856. The summed E-state index contributed by atoms with van der Waals surface area (Å²) in [5.74, 6) is 2.55. The third-order valence-electron chi connectivity index (χ3n) is 2.03. The molecule has 0 saturated heterocycles. The molecule has 0 spiro atoms. The zero-order chi connectivity index (χ0) is 10.4. The van der Waals surface area contributed by atoms with E-state index in [1.807, 2.05) is 12.1 Å². The summed E-state index contributed by atoms with van der Waals surface area (Å²) in [6, 6.07) is 7.27. The highest BCUT2D eigenvalue weighted by Crippen LogP contribution is 2.21. The Morgan fingerprint density at radius 3 is 2.93 bits per heavy atom. The van der Waals surface area contributed by atoms with Gasteiger partial charge in [0.25, 0.3) is 0 Å². The number of aliphatic hydroxyl groups is 1. The average molecular weight is 209 g/mol. The summed E-state index contributed by atoms with van der Waals surface area (Å²) in [5, 5.41) is 10.4. The van der Waals surface area contributed by atoms with Crippen LogP contribution in [0.2, 0.25) is 5.02 Å². The summed E-state index contributed by atoms with van der Waals surface area (Å²) >= 11 is 5.81. The van der Waals surface area contributed by atoms with Gasteiger partial charge < -0.3 is 5.11 Å². The molecule has 0 radical (unpaired) electrons. The summed E-state index contributed by atoms with van der Waals surface area (Å²) in [7, 11) is 0. The van der Waals surface area contributed by atoms with Crippen molar-refractivity contribution in [2.24, 2.45) is 0 Å². The van der Waals surface area contributed by atoms with Gasteiger partial charge in [-0.1, -0.05) is 23.7 Å². The van der Waals surface area contributed by atoms with Crippen molar-refractivity contribution in [1.82, 2.24) is 0 Å². The Morgan fingerprint density at radius 2 is 2.29 bits per heavy atom. The van der Waals surface area contributed by atoms with Crippen LogP contribution in [-0.4, -0.2) is 5.11 Å². The van der Waals surface area contributed by atoms with Gasteiger partial charge >= 0.3 is 0 Å². The lowest BCUT2D eigenvalue weighted by atomic mass is 10.0. The minimum absolute atomic E-state index is 0.456. The molecule has 14 heavy (non-hydrogen) atoms. The standard InChI is InChI=1S/C12H13ClO/c1-2-3-4-8-12(14)10-6-5-7-11(13)9-10/h1,5-7,9,12,14H,3-4,8H2. The average Bonchev–Trinajstić information content (AvgIpc) is 2.18. The second-order valence-corrected chi connectivity index (χ2v) is 3.60. The van der Waals surface area contributed by atoms with Gasteiger partial charge in [0, 0.05) is 11.4 Å². The predicted octanol–water partition coefficient (Wildman–Crippen LogP) is 3.18. The topological polar surface area (TPSA) is 20.2 Å². The quantitative estimate of drug-likeness (QED) is 0.595. The van der Waals surface area contributed by atoms with Crippen molar-refractivity contribution in [3.05, 3.63) is 34.9 Å². The van der Waals surface area contributed by atoms with Crippen molar-refractivity contribution in [3.8, 4) is 12.3 Å². The van der Waals surface area contributed by atoms with E-state index in [9.17, 15) is 5.11 Å². The Bertz CT molecular complexity index is 327. The van der Waals surface area contributed by atoms with Gasteiger partial charge in [0.1, 0.15) is 0 Å². The third-order valence-corrected chi connectivity index (χ3v) is 2.27. The van der Waals surface area contributed by atoms with Crippen molar-refractivity contribution < 1.29 is 5.11 Å². The van der Waals surface area contributed by atoms with E-state index >= 15 is 0 Å². The van der Waals surface area contributed by atoms with Gasteiger partial charge in [-0.15, -0.1) is 12.3 Å². The fourth-order valence-corrected chi connectivity index (χ4v) is 1.48. The molecule has 1 atom stereocenters. The van der Waals surface area contributed by atoms with Crippen LogP contribution in [0.5, 0.6) is 0 Å². The first kappa shape index (κ1) is 11.1. The fraction of sp³-hybridized carbons (Fsp3) is 0.333. The van der Waals surface area contributed by atoms with E-state index in [1.54, 1.807) is 12.1 Å². The van der Waals surface area contributed by atoms with Gasteiger partial charge in [0.2, 0.25) is 0 Å². The van der Waals surface area contributed by atoms with Crippen molar-refractivity contribution in [1.29, 1.82) is 0 Å². The Labute approximate surface area is 89.7 Å². The van der Waals surface area contributed by atoms with E-state index in [1.165, 1.54) is 0 Å². The lowest BCUT2D eigenvalue weighted by Gasteiger charge is -2.09. The van der Waals surface area contributed by atoms with Crippen LogP contribution in [0.3, 0.4) is 0 Å². The SMILES string of the molecule is C#CCCCC(O)c1cccc(Cl)c1. The number of halogens is 1. The van der Waals surface area contributed by atoms with Gasteiger partial charge in [-0.25, -0.2) is 0 Å². The van der Waals surface area contributed by atoms with Gasteiger partial charge in [-0.3, -0.25) is 0 Å². The monoisotopic (exact) mass is 208 g/mol. The van der Waals surface area contributed by atoms with Crippen molar-refractivity contribution in [2.45, 2.75) is 25.4 Å². The van der Waals surface area contributed by atoms with Crippen LogP contribution in [0.15, 0.2) is 24.3 Å². The molecule has 0 aromatic heterocycles. The first-order valence-electron chi connectivity index (χ1n) is 4.61. The van der Waals surface area contributed by atoms with Crippen LogP contribution < -0.4 is 0 Å². The number of hydrogen-bond donors (Lipinski definition) is 1. The Kier molecular flexibility index (Phi) is 4.52. The molecular weight excluding hydrogens is 196 g/mol. The first-order chi connectivity index (χ1) is 6.74. The largest absolute Gasteiger partial charge is 0.388 e. The van der Waals surface area contributed by atoms with E-state index in [4.69, 9.17) is 18.0 Å². The number of hydrogen-bond acceptors (Lipinski definition) is 1. The van der Waals surface area contributed by atoms with E-state index < -0.39 is 6.10 Å². The normalized spacial score (nSPS) is 12.1. The smallest absolute Gasteiger partial charge is 0.0790 e. The molecule has 0 bridgehead atoms. The zero-order valence-corrected chi connectivity index (χ0v) is 8.67. The van der Waals surface area contributed by atoms with Gasteiger partial charge in [0.05, 0.1) is 6.10 Å². The van der Waals surface area contributed by atoms with E-state index in [0.29, 0.717) is 17.9 Å². The Balaban J connectivity index is 2.52. The molecule has 1 aromatic rings. The maximum atomic E-state index is 9.74. The molecule has 1 rings (SSSR count). The molecule has 0 aliphatic carbocycles. The predicted molar refractivity (Wildman–Crippen MR) is 59.1 cm³/mol. The number of aliphatic hydroxyl groups excluding tert-OH is 1. The summed E-state index contributed by atoms with van der Waals surface area (Å²) < 4.78 is 0. The second-order valence-electron chi connectivity index (χ2n) is 3.17. The van der Waals surface area contributed by atoms with Crippen molar-refractivity contribution in [3.63, 3.8) is 0 Å². The molecule has 0 fully saturated rings. The summed E-state index contributed by atoms with van der Waals surface area (Å²) in [6.07, 6.45) is 6.90. The highest BCUT2D eigenvalue weighted by atomic mass is 35.5. The van der Waals surface area contributed by atoms with Crippen molar-refractivity contribution >= 4 is 11.6 Å². The maximum absolute atomic E-state index is 9.74. The molecule has 0 aliphatic rings. The number of rotatable bonds is 4. The molecule has 2 heteroatoms. The number of benzene rings is 1. The zero-order valence-electron chi connectivity index (χ0n) is 7.91. The molecule has 1 N–H and O–H groups in total. The molecule has 1 nitrogen and oxygen atoms in total. The Morgan fingerprint density at radius 1 is 1.50 bits per heavy atom. The molecule has 1 unspecified atom stereocenters. The van der Waals surface area contributed by atoms with Crippen LogP contribution >= 0.6 is 11.6 Å². The van der Waals surface area contributed by atoms with Crippen LogP contribution in [0, 0.1) is 12.3 Å². The van der Waals surface area contributed by atoms with E-state index in [2.05, 4.69) is 5.92 Å². The highest BCUT2D eigenvalue weighted by molar-refractivity contribution is 6.30. The first-order valence-corrected chi connectivity index (χ1v) is 4.99. The molecule has 74 valence electrons. The number of unbranched alkanes of at least 4 members (excludes halogenated alkanes) is 1. The molecule has 0 aliphatic heterocycles. The second kappa shape index (κ2) is 5.70. The van der Waals surface area contributed by atoms with Crippen LogP contribution in [0.4, 0.5) is 0 Å². The number of terminal acetylenes is 1. The molecule has 1 aromatic carbocycles. The lowest BCUT2D eigenvalue weighted by Crippen LogP contribution is -1.96. The minimum atomic E-state index is -0.456. The van der Waals surface area contributed by atoms with Crippen LogP contribution in [0.25, 0.3) is 0 Å². The highest BCUT2D eigenvalue weighted by Gasteiger charge is 2.06. The minimum Gasteiger partial charge on any atom is -0.388 e. The molecule has 0 saturated carbocycles. The summed E-state index contributed by atoms with van der Waals surface area (Å²) in [6.45, 7) is 0. The van der Waals surface area contributed by atoms with E-state index in [0.717, 1.165) is 12.0 Å². The maximum Gasteiger partial charge on any atom is 0.0790 e. The molecular formula is C12H13ClO. The van der Waals surface area contributed by atoms with Crippen LogP contribution in [0.1, 0.15) is 30.9 Å². The van der Waals surface area contributed by atoms with Crippen molar-refractivity contribution in [2.75, 3.05) is 0 Å². The molecule has 0 heterocycles. The molecule has 0 amide bonds. The van der Waals surface area contributed by atoms with Gasteiger partial charge in [-0.2, -0.15) is 0 Å². The van der Waals surface area contributed by atoms with Gasteiger partial charge in [-0.05, 0) is 30.5 Å². The van der Waals surface area contributed by atoms with Gasteiger partial charge in [0.15, 0.2) is 0 Å². The third kappa shape index (κ3) is 3.41. The fourth-order valence-electron chi connectivity index (χ4n) is 1.28. The lowest BCUT2D eigenvalue weighted by molar-refractivity contribution is 0.165.